The van der Waals surface area contributed by atoms with E-state index in [2.05, 4.69) is 5.32 Å². The molecule has 0 bridgehead atoms. The number of rotatable bonds is 9. The topological polar surface area (TPSA) is 137 Å². The summed E-state index contributed by atoms with van der Waals surface area (Å²) >= 11 is 0. The molecule has 208 valence electrons. The smallest absolute Gasteiger partial charge is 0.411 e. The van der Waals surface area contributed by atoms with Crippen LogP contribution in [-0.4, -0.2) is 54.1 Å². The Morgan fingerprint density at radius 2 is 1.70 bits per heavy atom. The molecule has 2 amide bonds. The first kappa shape index (κ1) is 28.1. The normalized spacial score (nSPS) is 14.8. The number of nitro benzene ring substituents is 1. The largest absolute Gasteiger partial charge is 0.490 e. The summed E-state index contributed by atoms with van der Waals surface area (Å²) < 4.78 is 15.5. The summed E-state index contributed by atoms with van der Waals surface area (Å²) in [5.74, 6) is -1.25. The lowest BCUT2D eigenvalue weighted by Gasteiger charge is -2.35. The van der Waals surface area contributed by atoms with Crippen molar-refractivity contribution in [2.24, 2.45) is 0 Å². The summed E-state index contributed by atoms with van der Waals surface area (Å²) in [6.07, 6.45) is -0.533. The van der Waals surface area contributed by atoms with Gasteiger partial charge in [0.2, 0.25) is 5.91 Å². The van der Waals surface area contributed by atoms with Crippen LogP contribution in [0.3, 0.4) is 0 Å². The van der Waals surface area contributed by atoms with Crippen molar-refractivity contribution in [3.05, 3.63) is 105 Å². The van der Waals surface area contributed by atoms with Crippen molar-refractivity contribution in [3.63, 3.8) is 0 Å². The van der Waals surface area contributed by atoms with Crippen LogP contribution >= 0.6 is 0 Å². The maximum Gasteiger partial charge on any atom is 0.411 e. The minimum atomic E-state index is -1.16. The van der Waals surface area contributed by atoms with E-state index >= 15 is 0 Å². The number of nitrogens with one attached hydrogen (secondary N) is 1. The van der Waals surface area contributed by atoms with Crippen molar-refractivity contribution in [2.75, 3.05) is 14.2 Å². The van der Waals surface area contributed by atoms with Crippen molar-refractivity contribution in [1.82, 2.24) is 10.2 Å². The number of fused-ring (bicyclic) bond motifs is 1. The molecular formula is C29H29N3O8. The average molecular weight is 548 g/mol. The van der Waals surface area contributed by atoms with Crippen molar-refractivity contribution in [1.29, 1.82) is 0 Å². The van der Waals surface area contributed by atoms with E-state index < -0.39 is 35.0 Å². The predicted molar refractivity (Wildman–Crippen MR) is 143 cm³/mol. The number of carbonyl (C=O) groups excluding carboxylic acids is 3. The molecule has 1 aliphatic heterocycles. The molecule has 11 heteroatoms. The molecule has 4 rings (SSSR count). The van der Waals surface area contributed by atoms with Crippen molar-refractivity contribution < 1.29 is 33.5 Å². The van der Waals surface area contributed by atoms with Crippen LogP contribution in [0.1, 0.15) is 22.3 Å². The van der Waals surface area contributed by atoms with E-state index in [1.54, 1.807) is 6.07 Å². The molecule has 0 aliphatic carbocycles. The zero-order chi connectivity index (χ0) is 28.6. The predicted octanol–water partition coefficient (Wildman–Crippen LogP) is 3.57. The molecule has 40 heavy (non-hydrogen) atoms. The molecular weight excluding hydrogens is 518 g/mol. The second-order valence-corrected chi connectivity index (χ2v) is 9.21. The first-order chi connectivity index (χ1) is 19.3. The van der Waals surface area contributed by atoms with Crippen LogP contribution < -0.4 is 10.1 Å². The molecule has 0 saturated carbocycles. The highest BCUT2D eigenvalue weighted by Crippen LogP contribution is 2.28. The Balaban J connectivity index is 1.55. The summed E-state index contributed by atoms with van der Waals surface area (Å²) in [4.78, 5) is 51.6. The highest BCUT2D eigenvalue weighted by Gasteiger charge is 2.37. The van der Waals surface area contributed by atoms with E-state index in [-0.39, 0.29) is 37.4 Å². The maximum absolute atomic E-state index is 13.6. The number of carbonyl (C=O) groups is 3. The van der Waals surface area contributed by atoms with Crippen LogP contribution in [0.2, 0.25) is 0 Å². The van der Waals surface area contributed by atoms with Crippen LogP contribution in [0.4, 0.5) is 10.5 Å². The average Bonchev–Trinajstić information content (AvgIpc) is 2.98. The van der Waals surface area contributed by atoms with Gasteiger partial charge in [0.15, 0.2) is 5.75 Å². The van der Waals surface area contributed by atoms with Crippen LogP contribution in [0.25, 0.3) is 0 Å². The number of hydrogen-bond donors (Lipinski definition) is 1. The quantitative estimate of drug-likeness (QED) is 0.244. The van der Waals surface area contributed by atoms with Gasteiger partial charge in [-0.05, 0) is 28.3 Å². The Bertz CT molecular complexity index is 1400. The fourth-order valence-corrected chi connectivity index (χ4v) is 4.60. The number of esters is 1. The number of methoxy groups -OCH3 is 2. The van der Waals surface area contributed by atoms with Crippen molar-refractivity contribution in [3.8, 4) is 5.75 Å². The molecule has 1 N–H and O–H groups in total. The number of hydrogen-bond acceptors (Lipinski definition) is 8. The van der Waals surface area contributed by atoms with E-state index in [1.165, 1.54) is 31.3 Å². The molecule has 0 saturated heterocycles. The first-order valence-corrected chi connectivity index (χ1v) is 12.5. The van der Waals surface area contributed by atoms with E-state index in [0.717, 1.165) is 16.7 Å². The Morgan fingerprint density at radius 1 is 1.00 bits per heavy atom. The van der Waals surface area contributed by atoms with Gasteiger partial charge in [-0.3, -0.25) is 19.8 Å². The fourth-order valence-electron chi connectivity index (χ4n) is 4.60. The van der Waals surface area contributed by atoms with Gasteiger partial charge < -0.3 is 19.5 Å². The molecule has 0 aromatic heterocycles. The number of amides is 2. The molecule has 0 radical (unpaired) electrons. The highest BCUT2D eigenvalue weighted by molar-refractivity contribution is 5.90. The number of nitrogens with zero attached hydrogens (tertiary/aromatic N) is 2. The molecule has 0 fully saturated rings. The monoisotopic (exact) mass is 547 g/mol. The van der Waals surface area contributed by atoms with Gasteiger partial charge in [0.25, 0.3) is 0 Å². The Kier molecular flexibility index (Phi) is 8.95. The van der Waals surface area contributed by atoms with E-state index in [0.29, 0.717) is 5.56 Å². The second kappa shape index (κ2) is 12.7. The molecule has 1 heterocycles. The molecule has 3 aromatic carbocycles. The van der Waals surface area contributed by atoms with Gasteiger partial charge in [-0.1, -0.05) is 60.7 Å². The second-order valence-electron chi connectivity index (χ2n) is 9.21. The van der Waals surface area contributed by atoms with Crippen LogP contribution in [0.5, 0.6) is 5.75 Å². The molecule has 0 spiro atoms. The van der Waals surface area contributed by atoms with E-state index in [9.17, 15) is 24.5 Å². The summed E-state index contributed by atoms with van der Waals surface area (Å²) in [7, 11) is 2.50. The lowest BCUT2D eigenvalue weighted by molar-refractivity contribution is -0.385. The summed E-state index contributed by atoms with van der Waals surface area (Å²) in [5.41, 5.74) is 2.73. The minimum absolute atomic E-state index is 0.0349. The number of benzene rings is 3. The Hall–Kier alpha value is -4.93. The highest BCUT2D eigenvalue weighted by atomic mass is 16.6. The molecule has 1 aliphatic rings. The number of nitro groups is 1. The lowest BCUT2D eigenvalue weighted by atomic mass is 9.93. The minimum Gasteiger partial charge on any atom is -0.490 e. The zero-order valence-corrected chi connectivity index (χ0v) is 22.1. The Labute approximate surface area is 230 Å². The van der Waals surface area contributed by atoms with Crippen LogP contribution in [-0.2, 0) is 45.1 Å². The van der Waals surface area contributed by atoms with E-state index in [1.807, 2.05) is 54.6 Å². The standard InChI is InChI=1S/C29H29N3O8/c1-38-26-13-12-20(15-24(26)32(36)37)14-23(28(34)39-2)30-27(33)25-16-21-10-6-7-11-22(21)17-31(25)29(35)40-18-19-8-4-3-5-9-19/h3-13,15,23,25H,14,16-18H2,1-2H3,(H,30,33)/t23-,25+/m1/s1. The summed E-state index contributed by atoms with van der Waals surface area (Å²) in [6.45, 7) is 0.183. The fraction of sp³-hybridized carbons (Fsp3) is 0.276. The molecule has 0 unspecified atom stereocenters. The summed E-state index contributed by atoms with van der Waals surface area (Å²) in [5, 5.41) is 14.1. The van der Waals surface area contributed by atoms with Crippen molar-refractivity contribution >= 4 is 23.7 Å². The van der Waals surface area contributed by atoms with Gasteiger partial charge in [-0.2, -0.15) is 0 Å². The van der Waals surface area contributed by atoms with Crippen molar-refractivity contribution in [2.45, 2.75) is 38.1 Å². The van der Waals surface area contributed by atoms with Crippen LogP contribution in [0.15, 0.2) is 72.8 Å². The van der Waals surface area contributed by atoms with Crippen LogP contribution in [0, 0.1) is 10.1 Å². The summed E-state index contributed by atoms with van der Waals surface area (Å²) in [6, 6.07) is 18.8. The first-order valence-electron chi connectivity index (χ1n) is 12.5. The van der Waals surface area contributed by atoms with Gasteiger partial charge in [-0.25, -0.2) is 9.59 Å². The molecule has 3 aromatic rings. The Morgan fingerprint density at radius 3 is 2.38 bits per heavy atom. The lowest BCUT2D eigenvalue weighted by Crippen LogP contribution is -2.56. The zero-order valence-electron chi connectivity index (χ0n) is 22.1. The number of ether oxygens (including phenoxy) is 3. The maximum atomic E-state index is 13.6. The van der Waals surface area contributed by atoms with Gasteiger partial charge in [0.05, 0.1) is 25.7 Å². The van der Waals surface area contributed by atoms with Gasteiger partial charge in [-0.15, -0.1) is 0 Å². The molecule has 11 nitrogen and oxygen atoms in total. The third-order valence-corrected chi connectivity index (χ3v) is 6.67. The third-order valence-electron chi connectivity index (χ3n) is 6.67. The van der Waals surface area contributed by atoms with Gasteiger partial charge in [0.1, 0.15) is 18.7 Å². The van der Waals surface area contributed by atoms with Gasteiger partial charge >= 0.3 is 17.7 Å². The molecule has 2 atom stereocenters. The van der Waals surface area contributed by atoms with E-state index in [4.69, 9.17) is 14.2 Å². The van der Waals surface area contributed by atoms with Gasteiger partial charge in [0, 0.05) is 18.9 Å². The third kappa shape index (κ3) is 6.55. The SMILES string of the molecule is COC(=O)[C@@H](Cc1ccc(OC)c([N+](=O)[O-])c1)NC(=O)[C@@H]1Cc2ccccc2CN1C(=O)OCc1ccccc1.